The minimum atomic E-state index is 0.161. The molecular weight excluding hydrogens is 350 g/mol. The molecule has 0 amide bonds. The van der Waals surface area contributed by atoms with E-state index in [4.69, 9.17) is 14.6 Å². The highest BCUT2D eigenvalue weighted by atomic mass is 16.6. The second-order valence-corrected chi connectivity index (χ2v) is 8.40. The van der Waals surface area contributed by atoms with Crippen LogP contribution in [0.1, 0.15) is 49.1 Å². The lowest BCUT2D eigenvalue weighted by Crippen LogP contribution is -2.38. The van der Waals surface area contributed by atoms with Crippen molar-refractivity contribution in [2.24, 2.45) is 7.05 Å². The van der Waals surface area contributed by atoms with Gasteiger partial charge in [0, 0.05) is 37.5 Å². The predicted octanol–water partition coefficient (Wildman–Crippen LogP) is 3.98. The molecule has 5 nitrogen and oxygen atoms in total. The Morgan fingerprint density at radius 1 is 1.11 bits per heavy atom. The molecule has 1 aliphatic heterocycles. The molecule has 2 heterocycles. The van der Waals surface area contributed by atoms with Crippen molar-refractivity contribution in [1.82, 2.24) is 14.7 Å². The van der Waals surface area contributed by atoms with Crippen molar-refractivity contribution in [2.75, 3.05) is 33.4 Å². The number of hydrogen-bond donors (Lipinski definition) is 0. The maximum Gasteiger partial charge on any atom is 0.0968 e. The Kier molecular flexibility index (Phi) is 6.45. The fourth-order valence-electron chi connectivity index (χ4n) is 4.59. The summed E-state index contributed by atoms with van der Waals surface area (Å²) in [5.41, 5.74) is 5.05. The quantitative estimate of drug-likeness (QED) is 0.756. The first-order chi connectivity index (χ1) is 13.7. The fraction of sp³-hybridized carbons (Fsp3) is 0.609. The number of aryl methyl sites for hydroxylation is 1. The summed E-state index contributed by atoms with van der Waals surface area (Å²) in [5.74, 6) is 0.745. The number of likely N-dealkylation sites (N-methyl/N-ethyl adjacent to an activating group) is 1. The summed E-state index contributed by atoms with van der Waals surface area (Å²) >= 11 is 0. The van der Waals surface area contributed by atoms with Crippen LogP contribution in [0, 0.1) is 0 Å². The smallest absolute Gasteiger partial charge is 0.0968 e. The van der Waals surface area contributed by atoms with Crippen molar-refractivity contribution < 1.29 is 9.47 Å². The molecule has 28 heavy (non-hydrogen) atoms. The number of benzene rings is 1. The molecule has 1 aromatic carbocycles. The topological polar surface area (TPSA) is 39.5 Å². The first-order valence-corrected chi connectivity index (χ1v) is 10.7. The van der Waals surface area contributed by atoms with E-state index in [0.29, 0.717) is 19.8 Å². The molecule has 1 saturated heterocycles. The molecule has 2 aliphatic rings. The van der Waals surface area contributed by atoms with Gasteiger partial charge in [0.05, 0.1) is 31.6 Å². The Morgan fingerprint density at radius 3 is 2.61 bits per heavy atom. The Morgan fingerprint density at radius 2 is 1.89 bits per heavy atom. The number of rotatable bonds is 6. The lowest BCUT2D eigenvalue weighted by atomic mass is 9.84. The number of ether oxygens (including phenoxy) is 2. The van der Waals surface area contributed by atoms with Crippen LogP contribution in [0.2, 0.25) is 0 Å². The number of aromatic nitrogens is 2. The van der Waals surface area contributed by atoms with E-state index < -0.39 is 0 Å². The van der Waals surface area contributed by atoms with Crippen molar-refractivity contribution in [1.29, 1.82) is 0 Å². The van der Waals surface area contributed by atoms with Crippen molar-refractivity contribution in [3.63, 3.8) is 0 Å². The van der Waals surface area contributed by atoms with Crippen LogP contribution in [0.4, 0.5) is 0 Å². The van der Waals surface area contributed by atoms with Gasteiger partial charge in [0.2, 0.25) is 0 Å². The molecule has 1 atom stereocenters. The summed E-state index contributed by atoms with van der Waals surface area (Å²) in [6, 6.07) is 9.16. The van der Waals surface area contributed by atoms with E-state index in [2.05, 4.69) is 42.4 Å². The van der Waals surface area contributed by atoms with Crippen molar-refractivity contribution in [3.05, 3.63) is 41.6 Å². The lowest BCUT2D eigenvalue weighted by Gasteiger charge is -2.27. The molecule has 0 N–H and O–H groups in total. The van der Waals surface area contributed by atoms with Gasteiger partial charge in [-0.1, -0.05) is 43.5 Å². The van der Waals surface area contributed by atoms with E-state index in [0.717, 1.165) is 24.7 Å². The van der Waals surface area contributed by atoms with Crippen LogP contribution in [0.25, 0.3) is 11.3 Å². The van der Waals surface area contributed by atoms with E-state index in [1.165, 1.54) is 48.8 Å². The Hall–Kier alpha value is -1.69. The molecule has 0 spiro atoms. The highest BCUT2D eigenvalue weighted by Crippen LogP contribution is 2.33. The fourth-order valence-corrected chi connectivity index (χ4v) is 4.59. The van der Waals surface area contributed by atoms with Crippen molar-refractivity contribution >= 4 is 0 Å². The first-order valence-electron chi connectivity index (χ1n) is 10.7. The minimum Gasteiger partial charge on any atom is -0.376 e. The Labute approximate surface area is 168 Å². The second kappa shape index (κ2) is 9.21. The van der Waals surface area contributed by atoms with E-state index >= 15 is 0 Å². The van der Waals surface area contributed by atoms with Gasteiger partial charge < -0.3 is 9.47 Å². The van der Waals surface area contributed by atoms with Crippen molar-refractivity contribution in [3.8, 4) is 11.3 Å². The predicted molar refractivity (Wildman–Crippen MR) is 111 cm³/mol. The number of hydrogen-bond acceptors (Lipinski definition) is 4. The average molecular weight is 384 g/mol. The zero-order valence-electron chi connectivity index (χ0n) is 17.3. The third kappa shape index (κ3) is 4.83. The van der Waals surface area contributed by atoms with Gasteiger partial charge in [-0.05, 0) is 31.4 Å². The molecule has 0 radical (unpaired) electrons. The summed E-state index contributed by atoms with van der Waals surface area (Å²) < 4.78 is 13.2. The van der Waals surface area contributed by atoms with Gasteiger partial charge in [0.1, 0.15) is 0 Å². The van der Waals surface area contributed by atoms with Crippen LogP contribution in [0.15, 0.2) is 30.5 Å². The molecule has 0 unspecified atom stereocenters. The molecular formula is C23H33N3O2. The first kappa shape index (κ1) is 19.6. The zero-order valence-corrected chi connectivity index (χ0v) is 17.3. The van der Waals surface area contributed by atoms with E-state index in [-0.39, 0.29) is 6.10 Å². The SMILES string of the molecule is CN(Cc1cn(C)nc1-c1ccc(C2CCCCC2)cc1)C[C@H]1COCCO1. The summed E-state index contributed by atoms with van der Waals surface area (Å²) in [6.45, 7) is 3.82. The van der Waals surface area contributed by atoms with E-state index in [9.17, 15) is 0 Å². The molecule has 152 valence electrons. The monoisotopic (exact) mass is 383 g/mol. The van der Waals surface area contributed by atoms with Crippen LogP contribution in [-0.2, 0) is 23.1 Å². The minimum absolute atomic E-state index is 0.161. The van der Waals surface area contributed by atoms with Crippen LogP contribution >= 0.6 is 0 Å². The van der Waals surface area contributed by atoms with Crippen LogP contribution in [0.3, 0.4) is 0 Å². The van der Waals surface area contributed by atoms with Crippen molar-refractivity contribution in [2.45, 2.75) is 50.7 Å². The average Bonchev–Trinajstić information content (AvgIpc) is 3.09. The van der Waals surface area contributed by atoms with Gasteiger partial charge in [-0.2, -0.15) is 5.10 Å². The molecule has 2 fully saturated rings. The van der Waals surface area contributed by atoms with Crippen LogP contribution < -0.4 is 0 Å². The van der Waals surface area contributed by atoms with E-state index in [1.807, 2.05) is 11.7 Å². The Bertz CT molecular complexity index is 744. The maximum absolute atomic E-state index is 5.79. The highest BCUT2D eigenvalue weighted by molar-refractivity contribution is 5.63. The van der Waals surface area contributed by atoms with Gasteiger partial charge in [-0.3, -0.25) is 9.58 Å². The van der Waals surface area contributed by atoms with Gasteiger partial charge in [-0.15, -0.1) is 0 Å². The molecule has 0 bridgehead atoms. The maximum atomic E-state index is 5.79. The second-order valence-electron chi connectivity index (χ2n) is 8.40. The normalized spacial score (nSPS) is 21.3. The third-order valence-corrected chi connectivity index (χ3v) is 6.01. The number of nitrogens with zero attached hydrogens (tertiary/aromatic N) is 3. The van der Waals surface area contributed by atoms with E-state index in [1.54, 1.807) is 0 Å². The summed E-state index contributed by atoms with van der Waals surface area (Å²) in [4.78, 5) is 2.30. The molecule has 1 saturated carbocycles. The largest absolute Gasteiger partial charge is 0.376 e. The molecule has 5 heteroatoms. The molecule has 1 aromatic heterocycles. The molecule has 4 rings (SSSR count). The lowest BCUT2D eigenvalue weighted by molar-refractivity contribution is -0.0962. The summed E-state index contributed by atoms with van der Waals surface area (Å²) in [7, 11) is 4.14. The van der Waals surface area contributed by atoms with Gasteiger partial charge >= 0.3 is 0 Å². The third-order valence-electron chi connectivity index (χ3n) is 6.01. The zero-order chi connectivity index (χ0) is 19.3. The summed E-state index contributed by atoms with van der Waals surface area (Å²) in [5, 5.41) is 4.76. The Balaban J connectivity index is 1.44. The van der Waals surface area contributed by atoms with Crippen LogP contribution in [-0.4, -0.2) is 54.2 Å². The van der Waals surface area contributed by atoms with Gasteiger partial charge in [0.15, 0.2) is 0 Å². The highest BCUT2D eigenvalue weighted by Gasteiger charge is 2.19. The standard InChI is InChI=1S/C23H33N3O2/c1-25(16-22-17-27-12-13-28-22)14-21-15-26(2)24-23(21)20-10-8-19(9-11-20)18-6-4-3-5-7-18/h8-11,15,18,22H,3-7,12-14,16-17H2,1-2H3/t22-/m0/s1. The van der Waals surface area contributed by atoms with Gasteiger partial charge in [0.25, 0.3) is 0 Å². The molecule has 1 aliphatic carbocycles. The van der Waals surface area contributed by atoms with Gasteiger partial charge in [-0.25, -0.2) is 0 Å². The summed E-state index contributed by atoms with van der Waals surface area (Å²) in [6.07, 6.45) is 9.13. The molecule has 2 aromatic rings. The van der Waals surface area contributed by atoms with Crippen LogP contribution in [0.5, 0.6) is 0 Å².